The molecule has 2 heterocycles. The molecule has 0 aliphatic carbocycles. The molecule has 0 radical (unpaired) electrons. The van der Waals surface area contributed by atoms with Crippen LogP contribution < -0.4 is 15.9 Å². The van der Waals surface area contributed by atoms with Gasteiger partial charge in [-0.1, -0.05) is 100 Å². The fraction of sp³-hybridized carbons (Fsp3) is 0.250. The number of anilines is 1. The first-order valence-corrected chi connectivity index (χ1v) is 17.3. The predicted octanol–water partition coefficient (Wildman–Crippen LogP) is 9.30. The molecule has 2 aromatic carbocycles. The van der Waals surface area contributed by atoms with Crippen molar-refractivity contribution < 1.29 is 4.39 Å². The Kier molecular flexibility index (Phi) is 15.5. The molecular formula is C44H54FN5. The van der Waals surface area contributed by atoms with Gasteiger partial charge >= 0.3 is 0 Å². The van der Waals surface area contributed by atoms with Crippen LogP contribution in [0.1, 0.15) is 56.5 Å². The molecule has 0 saturated carbocycles. The molecule has 4 rings (SSSR count). The number of nitrogens with zero attached hydrogens (tertiary/aromatic N) is 2. The summed E-state index contributed by atoms with van der Waals surface area (Å²) in [6.45, 7) is 24.0. The van der Waals surface area contributed by atoms with Gasteiger partial charge in [-0.2, -0.15) is 5.10 Å². The molecule has 0 atom stereocenters. The van der Waals surface area contributed by atoms with Gasteiger partial charge in [-0.25, -0.2) is 4.39 Å². The Bertz CT molecular complexity index is 1970. The van der Waals surface area contributed by atoms with Gasteiger partial charge in [0.15, 0.2) is 0 Å². The number of rotatable bonds is 15. The van der Waals surface area contributed by atoms with Crippen LogP contribution in [0.3, 0.4) is 0 Å². The lowest BCUT2D eigenvalue weighted by Gasteiger charge is -2.14. The standard InChI is InChI=1S/C42H48FN5.C2H6/c1-9-15-38(35-25-36(43)27-37(26-35)44-22-23-48(7)8)39-28-41(45-31(39)6)42-30(5)40(46-47-42)21-18-29(4)34(11-3)24-32(10-2)19-20-33-16-13-12-14-17-33;1-2/h9-18,21,24-28,44-46H,1-2,5,19-20,22-23H2,3-4,6-8H3;1-2H3/b29-18+,32-24+,34-11+,38-15-,40-21+;. The van der Waals surface area contributed by atoms with E-state index in [9.17, 15) is 4.39 Å². The summed E-state index contributed by atoms with van der Waals surface area (Å²) in [5.74, 6) is -0.302. The molecule has 3 N–H and O–H groups in total. The number of likely N-dealkylation sites (N-methyl/N-ethyl adjacent to an activating group) is 1. The third kappa shape index (κ3) is 10.9. The van der Waals surface area contributed by atoms with Crippen LogP contribution in [0.2, 0.25) is 0 Å². The highest BCUT2D eigenvalue weighted by atomic mass is 19.1. The molecule has 2 aromatic heterocycles. The van der Waals surface area contributed by atoms with Crippen LogP contribution in [0.15, 0.2) is 121 Å². The Hall–Kier alpha value is -5.20. The number of aryl methyl sites for hydroxylation is 2. The average Bonchev–Trinajstić information content (AvgIpc) is 3.68. The van der Waals surface area contributed by atoms with Crippen LogP contribution in [-0.2, 0) is 6.42 Å². The van der Waals surface area contributed by atoms with Crippen LogP contribution >= 0.6 is 0 Å². The molecular weight excluding hydrogens is 618 g/mol. The van der Waals surface area contributed by atoms with Gasteiger partial charge in [0.05, 0.1) is 11.0 Å². The average molecular weight is 672 g/mol. The summed E-state index contributed by atoms with van der Waals surface area (Å²) in [6, 6.07) is 17.6. The normalized spacial score (nSPS) is 12.9. The van der Waals surface area contributed by atoms with Crippen molar-refractivity contribution in [1.82, 2.24) is 20.1 Å². The van der Waals surface area contributed by atoms with Gasteiger partial charge in [-0.05, 0) is 111 Å². The monoisotopic (exact) mass is 671 g/mol. The lowest BCUT2D eigenvalue weighted by molar-refractivity contribution is 0.425. The number of halogens is 1. The topological polar surface area (TPSA) is 59.7 Å². The lowest BCUT2D eigenvalue weighted by atomic mass is 9.96. The van der Waals surface area contributed by atoms with Crippen molar-refractivity contribution in [2.24, 2.45) is 0 Å². The molecule has 0 aliphatic heterocycles. The van der Waals surface area contributed by atoms with Crippen molar-refractivity contribution in [3.05, 3.63) is 160 Å². The van der Waals surface area contributed by atoms with E-state index in [0.29, 0.717) is 6.54 Å². The molecule has 50 heavy (non-hydrogen) atoms. The minimum Gasteiger partial charge on any atom is -0.384 e. The molecule has 0 spiro atoms. The number of allylic oxidation sites excluding steroid dienone is 9. The van der Waals surface area contributed by atoms with Crippen molar-refractivity contribution in [2.75, 3.05) is 32.5 Å². The van der Waals surface area contributed by atoms with Gasteiger partial charge in [0.2, 0.25) is 0 Å². The first-order valence-electron chi connectivity index (χ1n) is 17.3. The first kappa shape index (κ1) is 39.2. The van der Waals surface area contributed by atoms with E-state index in [-0.39, 0.29) is 5.82 Å². The summed E-state index contributed by atoms with van der Waals surface area (Å²) in [4.78, 5) is 5.56. The number of aromatic nitrogens is 3. The van der Waals surface area contributed by atoms with Crippen molar-refractivity contribution >= 4 is 23.9 Å². The minimum absolute atomic E-state index is 0.302. The fourth-order valence-corrected chi connectivity index (χ4v) is 5.53. The molecule has 0 bridgehead atoms. The number of hydrogen-bond donors (Lipinski definition) is 3. The van der Waals surface area contributed by atoms with E-state index in [4.69, 9.17) is 0 Å². The van der Waals surface area contributed by atoms with E-state index in [1.165, 1.54) is 17.2 Å². The van der Waals surface area contributed by atoms with Crippen LogP contribution in [0.5, 0.6) is 0 Å². The van der Waals surface area contributed by atoms with Gasteiger partial charge in [-0.3, -0.25) is 5.10 Å². The van der Waals surface area contributed by atoms with Crippen LogP contribution in [0.25, 0.3) is 29.6 Å². The first-order chi connectivity index (χ1) is 24.1. The molecule has 262 valence electrons. The van der Waals surface area contributed by atoms with Crippen LogP contribution in [0, 0.1) is 12.7 Å². The Labute approximate surface area is 298 Å². The predicted molar refractivity (Wildman–Crippen MR) is 215 cm³/mol. The second kappa shape index (κ2) is 19.7. The summed E-state index contributed by atoms with van der Waals surface area (Å²) in [5, 5.41) is 12.7. The Morgan fingerprint density at radius 2 is 1.78 bits per heavy atom. The number of aromatic amines is 2. The third-order valence-corrected chi connectivity index (χ3v) is 8.26. The molecule has 6 heteroatoms. The molecule has 0 aliphatic rings. The maximum atomic E-state index is 14.8. The Balaban J connectivity index is 0.00000332. The second-order valence-corrected chi connectivity index (χ2v) is 12.1. The Morgan fingerprint density at radius 3 is 2.44 bits per heavy atom. The van der Waals surface area contributed by atoms with E-state index >= 15 is 0 Å². The minimum atomic E-state index is -0.302. The van der Waals surface area contributed by atoms with Gasteiger partial charge in [-0.15, -0.1) is 0 Å². The van der Waals surface area contributed by atoms with Crippen molar-refractivity contribution in [2.45, 2.75) is 47.5 Å². The number of nitrogens with one attached hydrogen (secondary N) is 3. The summed E-state index contributed by atoms with van der Waals surface area (Å²) in [7, 11) is 4.02. The van der Waals surface area contributed by atoms with Crippen molar-refractivity contribution in [3.63, 3.8) is 0 Å². The number of hydrogen-bond acceptors (Lipinski definition) is 3. The van der Waals surface area contributed by atoms with E-state index < -0.39 is 0 Å². The van der Waals surface area contributed by atoms with Gasteiger partial charge < -0.3 is 15.2 Å². The van der Waals surface area contributed by atoms with Gasteiger partial charge in [0, 0.05) is 35.3 Å². The zero-order chi connectivity index (χ0) is 36.6. The molecule has 5 nitrogen and oxygen atoms in total. The largest absolute Gasteiger partial charge is 0.384 e. The van der Waals surface area contributed by atoms with Crippen molar-refractivity contribution in [3.8, 4) is 11.4 Å². The zero-order valence-corrected chi connectivity index (χ0v) is 31.0. The van der Waals surface area contributed by atoms with Crippen LogP contribution in [0.4, 0.5) is 10.1 Å². The number of H-pyrrole nitrogens is 2. The van der Waals surface area contributed by atoms with Crippen molar-refractivity contribution in [1.29, 1.82) is 0 Å². The van der Waals surface area contributed by atoms with E-state index in [0.717, 1.165) is 80.6 Å². The molecule has 0 fully saturated rings. The lowest BCUT2D eigenvalue weighted by Crippen LogP contribution is -2.21. The second-order valence-electron chi connectivity index (χ2n) is 12.1. The van der Waals surface area contributed by atoms with E-state index in [1.807, 2.05) is 71.3 Å². The maximum absolute atomic E-state index is 14.8. The number of benzene rings is 2. The summed E-state index contributed by atoms with van der Waals surface area (Å²) >= 11 is 0. The smallest absolute Gasteiger partial charge is 0.125 e. The van der Waals surface area contributed by atoms with E-state index in [2.05, 4.69) is 101 Å². The quantitative estimate of drug-likeness (QED) is 0.110. The summed E-state index contributed by atoms with van der Waals surface area (Å²) in [5.41, 5.74) is 10.5. The van der Waals surface area contributed by atoms with Gasteiger partial charge in [0.25, 0.3) is 0 Å². The van der Waals surface area contributed by atoms with Crippen LogP contribution in [-0.4, -0.2) is 47.3 Å². The highest BCUT2D eigenvalue weighted by Gasteiger charge is 2.16. The fourth-order valence-electron chi connectivity index (χ4n) is 5.53. The SMILES string of the molecule is C=C/C=C(/c1cc(F)cc(NCCN(C)C)c1)c1cc(-c2n[nH]/c(=C/C=C(C)/C(/C=C(\C=C)CCc3ccccc3)=C/C)c2=C)[nH]c1C.CC. The molecule has 0 saturated heterocycles. The van der Waals surface area contributed by atoms with E-state index in [1.54, 1.807) is 12.1 Å². The Morgan fingerprint density at radius 1 is 1.04 bits per heavy atom. The molecule has 0 amide bonds. The highest BCUT2D eigenvalue weighted by molar-refractivity contribution is 5.85. The summed E-state index contributed by atoms with van der Waals surface area (Å²) < 4.78 is 14.8. The summed E-state index contributed by atoms with van der Waals surface area (Å²) in [6.07, 6.45) is 15.9. The third-order valence-electron chi connectivity index (χ3n) is 8.26. The van der Waals surface area contributed by atoms with Gasteiger partial charge in [0.1, 0.15) is 11.5 Å². The maximum Gasteiger partial charge on any atom is 0.125 e. The highest BCUT2D eigenvalue weighted by Crippen LogP contribution is 2.31. The molecule has 0 unspecified atom stereocenters. The zero-order valence-electron chi connectivity index (χ0n) is 31.0. The molecule has 4 aromatic rings.